The number of ether oxygens (including phenoxy) is 1. The number of nitrogens with one attached hydrogen (secondary N) is 1. The molecule has 1 aliphatic heterocycles. The molecule has 0 radical (unpaired) electrons. The minimum atomic E-state index is -2.92. The van der Waals surface area contributed by atoms with Gasteiger partial charge in [0.05, 0.1) is 5.75 Å². The van der Waals surface area contributed by atoms with Crippen LogP contribution in [0.5, 0.6) is 0 Å². The van der Waals surface area contributed by atoms with Crippen molar-refractivity contribution in [1.82, 2.24) is 10.2 Å². The predicted octanol–water partition coefficient (Wildman–Crippen LogP) is 1.80. The van der Waals surface area contributed by atoms with Crippen LogP contribution in [0, 0.1) is 0 Å². The van der Waals surface area contributed by atoms with Crippen LogP contribution >= 0.6 is 0 Å². The number of nitrogens with zero attached hydrogens (tertiary/aromatic N) is 1. The van der Waals surface area contributed by atoms with Crippen LogP contribution in [0.2, 0.25) is 0 Å². The highest BCUT2D eigenvalue weighted by Crippen LogP contribution is 2.15. The molecule has 1 rings (SSSR count). The Balaban J connectivity index is 2.38. The monoisotopic (exact) mass is 334 g/mol. The maximum Gasteiger partial charge on any atom is 0.410 e. The van der Waals surface area contributed by atoms with Crippen LogP contribution in [-0.4, -0.2) is 62.2 Å². The fourth-order valence-corrected chi connectivity index (χ4v) is 3.09. The second kappa shape index (κ2) is 8.15. The summed E-state index contributed by atoms with van der Waals surface area (Å²) in [5, 5.41) is 3.30. The van der Waals surface area contributed by atoms with Gasteiger partial charge in [-0.2, -0.15) is 0 Å². The molecule has 1 N–H and O–H groups in total. The first kappa shape index (κ1) is 19.2. The minimum absolute atomic E-state index is 0.176. The molecule has 0 aromatic carbocycles. The average molecular weight is 334 g/mol. The lowest BCUT2D eigenvalue weighted by Crippen LogP contribution is -2.38. The second-order valence-electron chi connectivity index (χ2n) is 6.79. The summed E-state index contributed by atoms with van der Waals surface area (Å²) in [6.07, 6.45) is 2.41. The van der Waals surface area contributed by atoms with Gasteiger partial charge in [-0.25, -0.2) is 13.2 Å². The zero-order valence-corrected chi connectivity index (χ0v) is 15.0. The first-order chi connectivity index (χ1) is 10.1. The van der Waals surface area contributed by atoms with Crippen molar-refractivity contribution in [3.8, 4) is 0 Å². The smallest absolute Gasteiger partial charge is 0.410 e. The number of carbonyl (C=O) groups is 1. The molecule has 0 bridgehead atoms. The van der Waals surface area contributed by atoms with E-state index in [0.29, 0.717) is 19.6 Å². The molecule has 1 amide bonds. The van der Waals surface area contributed by atoms with E-state index in [1.165, 1.54) is 0 Å². The maximum atomic E-state index is 12.1. The van der Waals surface area contributed by atoms with E-state index in [0.717, 1.165) is 19.3 Å². The summed E-state index contributed by atoms with van der Waals surface area (Å²) in [6.45, 7) is 9.07. The highest BCUT2D eigenvalue weighted by Gasteiger charge is 2.25. The van der Waals surface area contributed by atoms with E-state index < -0.39 is 15.4 Å². The van der Waals surface area contributed by atoms with Gasteiger partial charge in [-0.15, -0.1) is 0 Å². The molecule has 1 fully saturated rings. The van der Waals surface area contributed by atoms with Crippen LogP contribution in [0.1, 0.15) is 47.0 Å². The number of amides is 1. The van der Waals surface area contributed by atoms with E-state index in [-0.39, 0.29) is 23.6 Å². The number of likely N-dealkylation sites (tertiary alicyclic amines) is 1. The van der Waals surface area contributed by atoms with Gasteiger partial charge in [0.15, 0.2) is 9.84 Å². The number of carbonyl (C=O) groups excluding carboxylic acids is 1. The first-order valence-electron chi connectivity index (χ1n) is 8.04. The molecular formula is C15H30N2O4S. The summed E-state index contributed by atoms with van der Waals surface area (Å²) in [7, 11) is -2.92. The van der Waals surface area contributed by atoms with Crippen molar-refractivity contribution < 1.29 is 17.9 Å². The molecule has 1 aliphatic rings. The van der Waals surface area contributed by atoms with Crippen molar-refractivity contribution in [2.75, 3.05) is 31.1 Å². The van der Waals surface area contributed by atoms with Gasteiger partial charge in [0.1, 0.15) is 5.60 Å². The Labute approximate surface area is 134 Å². The quantitative estimate of drug-likeness (QED) is 0.830. The first-order valence-corrected chi connectivity index (χ1v) is 9.87. The molecule has 6 nitrogen and oxygen atoms in total. The molecule has 1 unspecified atom stereocenters. The Morgan fingerprint density at radius 1 is 1.27 bits per heavy atom. The van der Waals surface area contributed by atoms with Crippen LogP contribution in [0.4, 0.5) is 4.79 Å². The van der Waals surface area contributed by atoms with E-state index >= 15 is 0 Å². The zero-order chi connectivity index (χ0) is 16.8. The van der Waals surface area contributed by atoms with Crippen molar-refractivity contribution in [3.63, 3.8) is 0 Å². The summed E-state index contributed by atoms with van der Waals surface area (Å²) >= 11 is 0. The normalized spacial score (nSPS) is 20.5. The van der Waals surface area contributed by atoms with Gasteiger partial charge in [0.25, 0.3) is 0 Å². The molecule has 7 heteroatoms. The average Bonchev–Trinajstić information content (AvgIpc) is 2.62. The Hall–Kier alpha value is -0.820. The largest absolute Gasteiger partial charge is 0.444 e. The standard InChI is InChI=1S/C15H30N2O4S/c1-5-22(19,20)12-9-16-13-7-6-10-17(11-8-13)14(18)21-15(2,3)4/h13,16H,5-12H2,1-4H3. The third-order valence-electron chi connectivity index (χ3n) is 3.67. The topological polar surface area (TPSA) is 75.7 Å². The number of hydrogen-bond donors (Lipinski definition) is 1. The van der Waals surface area contributed by atoms with Crippen LogP contribution in [0.25, 0.3) is 0 Å². The van der Waals surface area contributed by atoms with E-state index in [4.69, 9.17) is 4.74 Å². The lowest BCUT2D eigenvalue weighted by Gasteiger charge is -2.26. The Kier molecular flexibility index (Phi) is 7.12. The molecule has 0 spiro atoms. The SMILES string of the molecule is CCS(=O)(=O)CCNC1CCCN(C(=O)OC(C)(C)C)CC1. The third kappa shape index (κ3) is 7.45. The molecule has 0 aliphatic carbocycles. The molecule has 0 aromatic heterocycles. The number of sulfone groups is 1. The molecule has 1 atom stereocenters. The predicted molar refractivity (Wildman–Crippen MR) is 87.8 cm³/mol. The fraction of sp³-hybridized carbons (Fsp3) is 0.933. The summed E-state index contributed by atoms with van der Waals surface area (Å²) in [5.41, 5.74) is -0.477. The van der Waals surface area contributed by atoms with Gasteiger partial charge in [-0.3, -0.25) is 0 Å². The van der Waals surface area contributed by atoms with Crippen molar-refractivity contribution in [2.24, 2.45) is 0 Å². The van der Waals surface area contributed by atoms with E-state index in [1.807, 2.05) is 20.8 Å². The molecule has 22 heavy (non-hydrogen) atoms. The summed E-state index contributed by atoms with van der Waals surface area (Å²) in [4.78, 5) is 13.8. The third-order valence-corrected chi connectivity index (χ3v) is 5.37. The van der Waals surface area contributed by atoms with Crippen LogP contribution in [0.3, 0.4) is 0 Å². The molecular weight excluding hydrogens is 304 g/mol. The molecule has 1 saturated heterocycles. The molecule has 1 heterocycles. The molecule has 0 aromatic rings. The summed E-state index contributed by atoms with van der Waals surface area (Å²) in [5.74, 6) is 0.363. The van der Waals surface area contributed by atoms with Gasteiger partial charge < -0.3 is 15.0 Å². The lowest BCUT2D eigenvalue weighted by atomic mass is 10.1. The van der Waals surface area contributed by atoms with Crippen molar-refractivity contribution in [1.29, 1.82) is 0 Å². The van der Waals surface area contributed by atoms with Crippen LogP contribution < -0.4 is 5.32 Å². The summed E-state index contributed by atoms with van der Waals surface area (Å²) < 4.78 is 28.3. The number of hydrogen-bond acceptors (Lipinski definition) is 5. The Bertz CT molecular complexity index is 457. The van der Waals surface area contributed by atoms with E-state index in [1.54, 1.807) is 11.8 Å². The zero-order valence-electron chi connectivity index (χ0n) is 14.2. The van der Waals surface area contributed by atoms with E-state index in [2.05, 4.69) is 5.32 Å². The van der Waals surface area contributed by atoms with Gasteiger partial charge in [0.2, 0.25) is 0 Å². The van der Waals surface area contributed by atoms with Crippen molar-refractivity contribution in [2.45, 2.75) is 58.6 Å². The second-order valence-corrected chi connectivity index (χ2v) is 9.26. The molecule has 130 valence electrons. The van der Waals surface area contributed by atoms with E-state index in [9.17, 15) is 13.2 Å². The molecule has 0 saturated carbocycles. The van der Waals surface area contributed by atoms with Gasteiger partial charge in [-0.1, -0.05) is 6.92 Å². The van der Waals surface area contributed by atoms with Gasteiger partial charge in [-0.05, 0) is 40.0 Å². The maximum absolute atomic E-state index is 12.1. The van der Waals surface area contributed by atoms with Gasteiger partial charge >= 0.3 is 6.09 Å². The highest BCUT2D eigenvalue weighted by atomic mass is 32.2. The Morgan fingerprint density at radius 3 is 2.55 bits per heavy atom. The number of rotatable bonds is 5. The highest BCUT2D eigenvalue weighted by molar-refractivity contribution is 7.91. The summed E-state index contributed by atoms with van der Waals surface area (Å²) in [6, 6.07) is 0.263. The van der Waals surface area contributed by atoms with Crippen molar-refractivity contribution >= 4 is 15.9 Å². The van der Waals surface area contributed by atoms with Crippen LogP contribution in [0.15, 0.2) is 0 Å². The van der Waals surface area contributed by atoms with Gasteiger partial charge in [0, 0.05) is 31.4 Å². The minimum Gasteiger partial charge on any atom is -0.444 e. The fourth-order valence-electron chi connectivity index (χ4n) is 2.37. The lowest BCUT2D eigenvalue weighted by molar-refractivity contribution is 0.0256. The van der Waals surface area contributed by atoms with Crippen molar-refractivity contribution in [3.05, 3.63) is 0 Å². The Morgan fingerprint density at radius 2 is 1.95 bits per heavy atom. The van der Waals surface area contributed by atoms with Crippen LogP contribution in [-0.2, 0) is 14.6 Å².